The number of amides is 4. The molecule has 0 spiro atoms. The molecule has 6 nitrogen and oxygen atoms in total. The van der Waals surface area contributed by atoms with E-state index in [0.29, 0.717) is 11.4 Å². The number of carbonyl (C=O) groups excluding carboxylic acids is 4. The van der Waals surface area contributed by atoms with Crippen molar-refractivity contribution in [1.82, 2.24) is 0 Å². The zero-order chi connectivity index (χ0) is 18.4. The van der Waals surface area contributed by atoms with Crippen LogP contribution in [0.2, 0.25) is 0 Å². The first-order valence-electron chi connectivity index (χ1n) is 7.69. The lowest BCUT2D eigenvalue weighted by molar-refractivity contribution is -0.130. The van der Waals surface area contributed by atoms with Crippen molar-refractivity contribution in [2.75, 3.05) is 9.80 Å². The number of hydrogen-bond donors (Lipinski definition) is 0. The molecule has 0 bridgehead atoms. The lowest BCUT2D eigenvalue weighted by Crippen LogP contribution is -2.42. The third kappa shape index (κ3) is 4.38. The molecule has 0 saturated heterocycles. The SMILES string of the molecule is CC(=O)N(C(=O)CC(=O)N(C(C)=O)c1ccccc1)c1ccccc1. The summed E-state index contributed by atoms with van der Waals surface area (Å²) < 4.78 is 0. The van der Waals surface area contributed by atoms with Gasteiger partial charge in [-0.2, -0.15) is 0 Å². The third-order valence-electron chi connectivity index (χ3n) is 3.46. The summed E-state index contributed by atoms with van der Waals surface area (Å²) in [5.41, 5.74) is 0.753. The van der Waals surface area contributed by atoms with E-state index in [4.69, 9.17) is 0 Å². The monoisotopic (exact) mass is 338 g/mol. The Balaban J connectivity index is 2.23. The summed E-state index contributed by atoms with van der Waals surface area (Å²) in [4.78, 5) is 50.6. The van der Waals surface area contributed by atoms with Gasteiger partial charge in [0.25, 0.3) is 0 Å². The van der Waals surface area contributed by atoms with E-state index in [-0.39, 0.29) is 0 Å². The van der Waals surface area contributed by atoms with Crippen molar-refractivity contribution in [1.29, 1.82) is 0 Å². The molecule has 2 aromatic carbocycles. The first-order valence-corrected chi connectivity index (χ1v) is 7.69. The van der Waals surface area contributed by atoms with Crippen molar-refractivity contribution in [2.24, 2.45) is 0 Å². The highest BCUT2D eigenvalue weighted by atomic mass is 16.2. The number of anilines is 2. The molecule has 0 fully saturated rings. The van der Waals surface area contributed by atoms with E-state index in [1.54, 1.807) is 60.7 Å². The van der Waals surface area contributed by atoms with Crippen LogP contribution in [0.15, 0.2) is 60.7 Å². The molecule has 0 aromatic heterocycles. The molecule has 0 aliphatic carbocycles. The molecule has 0 N–H and O–H groups in total. The smallest absolute Gasteiger partial charge is 0.243 e. The largest absolute Gasteiger partial charge is 0.274 e. The van der Waals surface area contributed by atoms with Gasteiger partial charge in [-0.25, -0.2) is 0 Å². The minimum absolute atomic E-state index is 0.377. The number of para-hydroxylation sites is 2. The van der Waals surface area contributed by atoms with E-state index in [1.807, 2.05) is 0 Å². The predicted octanol–water partition coefficient (Wildman–Crippen LogP) is 2.54. The number of imide groups is 2. The number of carbonyl (C=O) groups is 4. The number of benzene rings is 2. The highest BCUT2D eigenvalue weighted by Gasteiger charge is 2.27. The van der Waals surface area contributed by atoms with Gasteiger partial charge in [-0.15, -0.1) is 0 Å². The molecular formula is C19H18N2O4. The topological polar surface area (TPSA) is 74.8 Å². The Hall–Kier alpha value is -3.28. The fourth-order valence-electron chi connectivity index (χ4n) is 2.44. The van der Waals surface area contributed by atoms with Gasteiger partial charge in [0.05, 0.1) is 11.4 Å². The Morgan fingerprint density at radius 3 is 1.24 bits per heavy atom. The van der Waals surface area contributed by atoms with Crippen LogP contribution >= 0.6 is 0 Å². The van der Waals surface area contributed by atoms with Crippen molar-refractivity contribution in [3.05, 3.63) is 60.7 Å². The molecule has 0 unspecified atom stereocenters. The van der Waals surface area contributed by atoms with Crippen LogP contribution in [-0.4, -0.2) is 23.6 Å². The first-order chi connectivity index (χ1) is 11.9. The molecule has 128 valence electrons. The van der Waals surface area contributed by atoms with Gasteiger partial charge < -0.3 is 0 Å². The van der Waals surface area contributed by atoms with Crippen LogP contribution in [0, 0.1) is 0 Å². The van der Waals surface area contributed by atoms with Crippen LogP contribution in [0.4, 0.5) is 11.4 Å². The summed E-state index contributed by atoms with van der Waals surface area (Å²) in [6.07, 6.45) is -0.594. The van der Waals surface area contributed by atoms with Gasteiger partial charge in [-0.1, -0.05) is 36.4 Å². The summed E-state index contributed by atoms with van der Waals surface area (Å²) in [5.74, 6) is -2.38. The predicted molar refractivity (Wildman–Crippen MR) is 93.8 cm³/mol. The van der Waals surface area contributed by atoms with Gasteiger partial charge in [0.15, 0.2) is 0 Å². The van der Waals surface area contributed by atoms with E-state index in [2.05, 4.69) is 0 Å². The number of hydrogen-bond acceptors (Lipinski definition) is 4. The first kappa shape index (κ1) is 18.1. The minimum atomic E-state index is -0.689. The lowest BCUT2D eigenvalue weighted by Gasteiger charge is -2.22. The number of nitrogens with zero attached hydrogens (tertiary/aromatic N) is 2. The summed E-state index contributed by atoms with van der Waals surface area (Å²) >= 11 is 0. The van der Waals surface area contributed by atoms with Gasteiger partial charge in [-0.05, 0) is 24.3 Å². The molecule has 0 aliphatic heterocycles. The summed E-state index contributed by atoms with van der Waals surface area (Å²) in [7, 11) is 0. The zero-order valence-electron chi connectivity index (χ0n) is 14.0. The summed E-state index contributed by atoms with van der Waals surface area (Å²) in [6, 6.07) is 16.7. The van der Waals surface area contributed by atoms with Gasteiger partial charge in [0, 0.05) is 13.8 Å². The van der Waals surface area contributed by atoms with E-state index >= 15 is 0 Å². The summed E-state index contributed by atoms with van der Waals surface area (Å²) in [6.45, 7) is 2.49. The highest BCUT2D eigenvalue weighted by Crippen LogP contribution is 2.18. The second kappa shape index (κ2) is 8.01. The molecule has 0 saturated carbocycles. The normalized spacial score (nSPS) is 10.0. The fourth-order valence-corrected chi connectivity index (χ4v) is 2.44. The molecular weight excluding hydrogens is 320 g/mol. The Labute approximate surface area is 145 Å². The highest BCUT2D eigenvalue weighted by molar-refractivity contribution is 6.24. The maximum absolute atomic E-state index is 12.5. The van der Waals surface area contributed by atoms with Crippen molar-refractivity contribution >= 4 is 35.0 Å². The Bertz CT molecular complexity index is 720. The Kier molecular flexibility index (Phi) is 5.79. The lowest BCUT2D eigenvalue weighted by atomic mass is 10.2. The van der Waals surface area contributed by atoms with E-state index in [1.165, 1.54) is 13.8 Å². The van der Waals surface area contributed by atoms with Gasteiger partial charge in [0.2, 0.25) is 23.6 Å². The Morgan fingerprint density at radius 1 is 0.640 bits per heavy atom. The molecule has 0 atom stereocenters. The third-order valence-corrected chi connectivity index (χ3v) is 3.46. The van der Waals surface area contributed by atoms with E-state index < -0.39 is 30.0 Å². The minimum Gasteiger partial charge on any atom is -0.274 e. The molecule has 0 aliphatic rings. The zero-order valence-corrected chi connectivity index (χ0v) is 14.0. The molecule has 2 rings (SSSR count). The second-order valence-electron chi connectivity index (χ2n) is 5.34. The van der Waals surface area contributed by atoms with Crippen LogP contribution in [-0.2, 0) is 19.2 Å². The maximum atomic E-state index is 12.5. The standard InChI is InChI=1S/C19H18N2O4/c1-14(22)20(16-9-5-3-6-10-16)18(24)13-19(25)21(15(2)23)17-11-7-4-8-12-17/h3-12H,13H2,1-2H3. The number of rotatable bonds is 4. The molecule has 0 radical (unpaired) electrons. The van der Waals surface area contributed by atoms with Crippen molar-refractivity contribution < 1.29 is 19.2 Å². The molecule has 25 heavy (non-hydrogen) atoms. The van der Waals surface area contributed by atoms with E-state index in [0.717, 1.165) is 9.80 Å². The van der Waals surface area contributed by atoms with E-state index in [9.17, 15) is 19.2 Å². The van der Waals surface area contributed by atoms with Gasteiger partial charge in [0.1, 0.15) is 6.42 Å². The van der Waals surface area contributed by atoms with Crippen molar-refractivity contribution in [3.8, 4) is 0 Å². The molecule has 6 heteroatoms. The quantitative estimate of drug-likeness (QED) is 0.803. The van der Waals surface area contributed by atoms with Crippen LogP contribution in [0.25, 0.3) is 0 Å². The van der Waals surface area contributed by atoms with Gasteiger partial charge >= 0.3 is 0 Å². The van der Waals surface area contributed by atoms with Crippen molar-refractivity contribution in [2.45, 2.75) is 20.3 Å². The van der Waals surface area contributed by atoms with Crippen LogP contribution in [0.1, 0.15) is 20.3 Å². The molecule has 4 amide bonds. The Morgan fingerprint density at radius 2 is 0.960 bits per heavy atom. The van der Waals surface area contributed by atoms with Crippen molar-refractivity contribution in [3.63, 3.8) is 0 Å². The fraction of sp³-hybridized carbons (Fsp3) is 0.158. The van der Waals surface area contributed by atoms with Gasteiger partial charge in [-0.3, -0.25) is 29.0 Å². The average molecular weight is 338 g/mol. The van der Waals surface area contributed by atoms with Crippen LogP contribution in [0.3, 0.4) is 0 Å². The second-order valence-corrected chi connectivity index (χ2v) is 5.34. The average Bonchev–Trinajstić information content (AvgIpc) is 2.56. The van der Waals surface area contributed by atoms with Crippen LogP contribution in [0.5, 0.6) is 0 Å². The molecule has 0 heterocycles. The summed E-state index contributed by atoms with van der Waals surface area (Å²) in [5, 5.41) is 0. The molecule has 2 aromatic rings. The maximum Gasteiger partial charge on any atom is 0.243 e. The van der Waals surface area contributed by atoms with Crippen LogP contribution < -0.4 is 9.80 Å².